The van der Waals surface area contributed by atoms with E-state index in [1.165, 1.54) is 0 Å². The number of phenolic OH excluding ortho intramolecular Hbond substituents is 1. The second kappa shape index (κ2) is 5.23. The van der Waals surface area contributed by atoms with E-state index in [0.717, 1.165) is 10.0 Å². The number of aromatic hydroxyl groups is 1. The van der Waals surface area contributed by atoms with E-state index in [1.807, 2.05) is 0 Å². The molecule has 2 rings (SSSR count). The highest BCUT2D eigenvalue weighted by Gasteiger charge is 2.10. The zero-order chi connectivity index (χ0) is 13.1. The molecule has 2 aromatic carbocycles. The zero-order valence-corrected chi connectivity index (χ0v) is 11.1. The predicted octanol–water partition coefficient (Wildman–Crippen LogP) is 3.16. The van der Waals surface area contributed by atoms with E-state index in [4.69, 9.17) is 5.73 Å². The van der Waals surface area contributed by atoms with Crippen LogP contribution in [0.5, 0.6) is 5.75 Å². The van der Waals surface area contributed by atoms with E-state index in [1.54, 1.807) is 42.5 Å². The standard InChI is InChI=1S/C14H12BrNO2/c15-10-3-6-12(13(16)8-10)14(18)7-9-1-4-11(17)5-2-9/h1-6,8,17H,7,16H2. The lowest BCUT2D eigenvalue weighted by molar-refractivity contribution is 0.0994. The Morgan fingerprint density at radius 3 is 2.44 bits per heavy atom. The minimum absolute atomic E-state index is 0.0364. The molecule has 0 saturated carbocycles. The molecule has 0 fully saturated rings. The fraction of sp³-hybridized carbons (Fsp3) is 0.0714. The van der Waals surface area contributed by atoms with Gasteiger partial charge in [0.2, 0.25) is 0 Å². The van der Waals surface area contributed by atoms with E-state index in [2.05, 4.69) is 15.9 Å². The van der Waals surface area contributed by atoms with E-state index >= 15 is 0 Å². The quantitative estimate of drug-likeness (QED) is 0.676. The molecule has 3 nitrogen and oxygen atoms in total. The average molecular weight is 306 g/mol. The lowest BCUT2D eigenvalue weighted by atomic mass is 10.0. The molecule has 4 heteroatoms. The second-order valence-electron chi connectivity index (χ2n) is 4.00. The van der Waals surface area contributed by atoms with Gasteiger partial charge in [-0.1, -0.05) is 28.1 Å². The Hall–Kier alpha value is -1.81. The van der Waals surface area contributed by atoms with Crippen molar-refractivity contribution in [3.05, 3.63) is 58.1 Å². The van der Waals surface area contributed by atoms with E-state index < -0.39 is 0 Å². The first-order chi connectivity index (χ1) is 8.56. The number of nitrogens with two attached hydrogens (primary N) is 1. The molecule has 0 aromatic heterocycles. The van der Waals surface area contributed by atoms with Crippen molar-refractivity contribution < 1.29 is 9.90 Å². The summed E-state index contributed by atoms with van der Waals surface area (Å²) in [6.07, 6.45) is 0.270. The van der Waals surface area contributed by atoms with Crippen molar-refractivity contribution in [1.29, 1.82) is 0 Å². The van der Waals surface area contributed by atoms with Crippen molar-refractivity contribution in [2.45, 2.75) is 6.42 Å². The Labute approximate surface area is 113 Å². The van der Waals surface area contributed by atoms with Gasteiger partial charge in [0, 0.05) is 22.1 Å². The maximum absolute atomic E-state index is 12.1. The summed E-state index contributed by atoms with van der Waals surface area (Å²) >= 11 is 3.30. The van der Waals surface area contributed by atoms with E-state index in [0.29, 0.717) is 11.3 Å². The summed E-state index contributed by atoms with van der Waals surface area (Å²) in [5.41, 5.74) is 7.64. The molecule has 0 aliphatic carbocycles. The minimum Gasteiger partial charge on any atom is -0.508 e. The molecular formula is C14H12BrNO2. The topological polar surface area (TPSA) is 63.3 Å². The highest BCUT2D eigenvalue weighted by Crippen LogP contribution is 2.20. The molecule has 0 saturated heterocycles. The molecule has 0 bridgehead atoms. The third kappa shape index (κ3) is 2.90. The normalized spacial score (nSPS) is 10.3. The van der Waals surface area contributed by atoms with Crippen LogP contribution in [-0.4, -0.2) is 10.9 Å². The molecule has 0 radical (unpaired) electrons. The van der Waals surface area contributed by atoms with Crippen LogP contribution in [0.3, 0.4) is 0 Å². The monoisotopic (exact) mass is 305 g/mol. The number of phenols is 1. The second-order valence-corrected chi connectivity index (χ2v) is 4.91. The predicted molar refractivity (Wildman–Crippen MR) is 74.7 cm³/mol. The number of halogens is 1. The Balaban J connectivity index is 2.19. The molecule has 0 heterocycles. The first-order valence-corrected chi connectivity index (χ1v) is 6.21. The lowest BCUT2D eigenvalue weighted by Gasteiger charge is -2.05. The number of Topliss-reactive ketones (excluding diaryl/α,β-unsaturated/α-hetero) is 1. The summed E-state index contributed by atoms with van der Waals surface area (Å²) in [6.45, 7) is 0. The van der Waals surface area contributed by atoms with Crippen LogP contribution in [0.4, 0.5) is 5.69 Å². The zero-order valence-electron chi connectivity index (χ0n) is 9.56. The molecule has 3 N–H and O–H groups in total. The molecule has 0 aliphatic rings. The fourth-order valence-electron chi connectivity index (χ4n) is 1.68. The number of ketones is 1. The van der Waals surface area contributed by atoms with Crippen molar-refractivity contribution in [3.63, 3.8) is 0 Å². The van der Waals surface area contributed by atoms with Gasteiger partial charge in [-0.25, -0.2) is 0 Å². The van der Waals surface area contributed by atoms with Crippen LogP contribution >= 0.6 is 15.9 Å². The van der Waals surface area contributed by atoms with Crippen molar-refractivity contribution >= 4 is 27.4 Å². The van der Waals surface area contributed by atoms with Crippen LogP contribution in [0.25, 0.3) is 0 Å². The first kappa shape index (κ1) is 12.6. The van der Waals surface area contributed by atoms with Crippen LogP contribution in [-0.2, 0) is 6.42 Å². The number of rotatable bonds is 3. The van der Waals surface area contributed by atoms with Gasteiger partial charge in [-0.05, 0) is 35.9 Å². The Kier molecular flexibility index (Phi) is 3.67. The van der Waals surface area contributed by atoms with Gasteiger partial charge in [0.25, 0.3) is 0 Å². The van der Waals surface area contributed by atoms with Gasteiger partial charge in [0.05, 0.1) is 0 Å². The van der Waals surface area contributed by atoms with Crippen molar-refractivity contribution in [3.8, 4) is 5.75 Å². The van der Waals surface area contributed by atoms with Gasteiger partial charge in [-0.15, -0.1) is 0 Å². The highest BCUT2D eigenvalue weighted by atomic mass is 79.9. The van der Waals surface area contributed by atoms with Crippen molar-refractivity contribution in [2.24, 2.45) is 0 Å². The highest BCUT2D eigenvalue weighted by molar-refractivity contribution is 9.10. The number of benzene rings is 2. The van der Waals surface area contributed by atoms with Crippen molar-refractivity contribution in [2.75, 3.05) is 5.73 Å². The summed E-state index contributed by atoms with van der Waals surface area (Å²) in [5.74, 6) is 0.153. The lowest BCUT2D eigenvalue weighted by Crippen LogP contribution is -2.06. The third-order valence-corrected chi connectivity index (χ3v) is 3.11. The Morgan fingerprint density at radius 2 is 1.83 bits per heavy atom. The minimum atomic E-state index is -0.0364. The summed E-state index contributed by atoms with van der Waals surface area (Å²) in [6, 6.07) is 11.8. The van der Waals surface area contributed by atoms with Gasteiger partial charge in [-0.3, -0.25) is 4.79 Å². The molecular weight excluding hydrogens is 294 g/mol. The largest absolute Gasteiger partial charge is 0.508 e. The molecule has 0 amide bonds. The SMILES string of the molecule is Nc1cc(Br)ccc1C(=O)Cc1ccc(O)cc1. The van der Waals surface area contributed by atoms with Gasteiger partial charge in [-0.2, -0.15) is 0 Å². The Morgan fingerprint density at radius 1 is 1.17 bits per heavy atom. The van der Waals surface area contributed by atoms with Crippen LogP contribution in [0, 0.1) is 0 Å². The summed E-state index contributed by atoms with van der Waals surface area (Å²) < 4.78 is 0.848. The van der Waals surface area contributed by atoms with Gasteiger partial charge < -0.3 is 10.8 Å². The summed E-state index contributed by atoms with van der Waals surface area (Å²) in [4.78, 5) is 12.1. The number of anilines is 1. The van der Waals surface area contributed by atoms with Crippen LogP contribution in [0.1, 0.15) is 15.9 Å². The molecule has 0 spiro atoms. The smallest absolute Gasteiger partial charge is 0.169 e. The van der Waals surface area contributed by atoms with Gasteiger partial charge >= 0.3 is 0 Å². The summed E-state index contributed by atoms with van der Waals surface area (Å²) in [5, 5.41) is 9.17. The maximum Gasteiger partial charge on any atom is 0.169 e. The maximum atomic E-state index is 12.1. The van der Waals surface area contributed by atoms with Crippen molar-refractivity contribution in [1.82, 2.24) is 0 Å². The molecule has 0 unspecified atom stereocenters. The molecule has 2 aromatic rings. The molecule has 92 valence electrons. The van der Waals surface area contributed by atoms with Crippen LogP contribution < -0.4 is 5.73 Å². The number of carbonyl (C=O) groups excluding carboxylic acids is 1. The van der Waals surface area contributed by atoms with Crippen LogP contribution in [0.15, 0.2) is 46.9 Å². The number of hydrogen-bond donors (Lipinski definition) is 2. The molecule has 0 atom stereocenters. The third-order valence-electron chi connectivity index (χ3n) is 2.62. The molecule has 18 heavy (non-hydrogen) atoms. The number of hydrogen-bond acceptors (Lipinski definition) is 3. The van der Waals surface area contributed by atoms with Crippen LogP contribution in [0.2, 0.25) is 0 Å². The first-order valence-electron chi connectivity index (χ1n) is 5.42. The summed E-state index contributed by atoms with van der Waals surface area (Å²) in [7, 11) is 0. The van der Waals surface area contributed by atoms with E-state index in [9.17, 15) is 9.90 Å². The fourth-order valence-corrected chi connectivity index (χ4v) is 2.06. The van der Waals surface area contributed by atoms with Gasteiger partial charge in [0.1, 0.15) is 5.75 Å². The average Bonchev–Trinajstić information content (AvgIpc) is 2.32. The van der Waals surface area contributed by atoms with Gasteiger partial charge in [0.15, 0.2) is 5.78 Å². The Bertz CT molecular complexity index is 579. The number of nitrogen functional groups attached to an aromatic ring is 1. The van der Waals surface area contributed by atoms with E-state index in [-0.39, 0.29) is 18.0 Å². The number of carbonyl (C=O) groups is 1. The molecule has 0 aliphatic heterocycles.